The van der Waals surface area contributed by atoms with Crippen LogP contribution in [-0.4, -0.2) is 56.4 Å². The molecule has 0 aromatic rings. The van der Waals surface area contributed by atoms with Gasteiger partial charge in [0.15, 0.2) is 6.29 Å². The van der Waals surface area contributed by atoms with E-state index in [0.29, 0.717) is 12.8 Å². The van der Waals surface area contributed by atoms with Crippen molar-refractivity contribution < 1.29 is 33.6 Å². The third-order valence-corrected chi connectivity index (χ3v) is 8.91. The second-order valence-electron chi connectivity index (χ2n) is 14.0. The Morgan fingerprint density at radius 1 is 0.593 bits per heavy atom. The first-order valence-electron chi connectivity index (χ1n) is 21.4. The minimum Gasteiger partial charge on any atom is -0.469 e. The van der Waals surface area contributed by atoms with E-state index in [1.807, 2.05) is 0 Å². The second kappa shape index (κ2) is 41.2. The molecule has 1 fully saturated rings. The Morgan fingerprint density at radius 3 is 1.50 bits per heavy atom. The number of rotatable bonds is 26. The standard InChI is InChI=1S/C26H42O4.C21H34O3/c1-3-4-19-24(30-26-22-17-18-23-29-26)20-15-13-11-9-7-5-6-8-10-12-14-16-21-25(27)28-2;1-3-4-17-20(22)18-15-13-11-9-7-5-6-8-10-12-14-16-19-21(23)24-2/h24,26H,3-9,11,13-14,16-19,21-23H2,1-2H3;20,22H,3-9,11,13-14,16-17,19H2,1-2H3/t24-,26?;20-/m11/s1. The number of esters is 2. The summed E-state index contributed by atoms with van der Waals surface area (Å²) in [5.74, 6) is 25.0. The van der Waals surface area contributed by atoms with Crippen molar-refractivity contribution in [1.29, 1.82) is 0 Å². The fraction of sp³-hybridized carbons (Fsp3) is 0.787. The average molecular weight is 753 g/mol. The van der Waals surface area contributed by atoms with E-state index in [0.717, 1.165) is 129 Å². The first kappa shape index (κ1) is 51.1. The molecule has 7 nitrogen and oxygen atoms in total. The number of carbonyl (C=O) groups is 2. The topological polar surface area (TPSA) is 91.3 Å². The number of unbranched alkanes of at least 4 members (excludes halogenated alkanes) is 16. The van der Waals surface area contributed by atoms with Crippen molar-refractivity contribution in [3.05, 3.63) is 0 Å². The molecule has 0 spiro atoms. The Kier molecular flexibility index (Phi) is 39.0. The quantitative estimate of drug-likeness (QED) is 0.0534. The molecule has 1 heterocycles. The Labute approximate surface area is 331 Å². The molecule has 0 bridgehead atoms. The Bertz CT molecular complexity index is 1140. The maximum Gasteiger partial charge on any atom is 0.305 e. The molecule has 1 N–H and O–H groups in total. The third kappa shape index (κ3) is 37.4. The van der Waals surface area contributed by atoms with E-state index in [9.17, 15) is 14.7 Å². The summed E-state index contributed by atoms with van der Waals surface area (Å²) in [6, 6.07) is 0. The number of aliphatic hydroxyl groups excluding tert-OH is 1. The fourth-order valence-corrected chi connectivity index (χ4v) is 5.53. The number of hydrogen-bond donors (Lipinski definition) is 1. The molecule has 0 radical (unpaired) electrons. The molecule has 0 aromatic carbocycles. The number of methoxy groups -OCH3 is 2. The first-order valence-corrected chi connectivity index (χ1v) is 21.4. The van der Waals surface area contributed by atoms with E-state index < -0.39 is 6.10 Å². The lowest BCUT2D eigenvalue weighted by atomic mass is 10.1. The van der Waals surface area contributed by atoms with Gasteiger partial charge in [0.05, 0.1) is 14.2 Å². The van der Waals surface area contributed by atoms with Gasteiger partial charge in [-0.25, -0.2) is 0 Å². The predicted molar refractivity (Wildman–Crippen MR) is 221 cm³/mol. The van der Waals surface area contributed by atoms with Crippen LogP contribution in [0.4, 0.5) is 0 Å². The number of aliphatic hydroxyl groups is 1. The summed E-state index contributed by atoms with van der Waals surface area (Å²) in [4.78, 5) is 21.9. The van der Waals surface area contributed by atoms with Crippen molar-refractivity contribution in [3.8, 4) is 47.4 Å². The van der Waals surface area contributed by atoms with Crippen LogP contribution in [-0.2, 0) is 28.5 Å². The molecule has 1 saturated heterocycles. The van der Waals surface area contributed by atoms with E-state index >= 15 is 0 Å². The van der Waals surface area contributed by atoms with E-state index in [1.54, 1.807) is 0 Å². The molecule has 1 aliphatic heterocycles. The largest absolute Gasteiger partial charge is 0.469 e. The molecule has 306 valence electrons. The first-order chi connectivity index (χ1) is 26.5. The molecule has 54 heavy (non-hydrogen) atoms. The van der Waals surface area contributed by atoms with Crippen LogP contribution in [0.15, 0.2) is 0 Å². The zero-order chi connectivity index (χ0) is 39.6. The molecular formula is C47H76O7. The summed E-state index contributed by atoms with van der Waals surface area (Å²) in [6.45, 7) is 5.15. The van der Waals surface area contributed by atoms with Gasteiger partial charge in [-0.15, -0.1) is 35.5 Å². The van der Waals surface area contributed by atoms with E-state index in [-0.39, 0.29) is 24.3 Å². The Morgan fingerprint density at radius 2 is 1.04 bits per heavy atom. The molecular weight excluding hydrogens is 677 g/mol. The van der Waals surface area contributed by atoms with Crippen LogP contribution in [0.1, 0.15) is 200 Å². The van der Waals surface area contributed by atoms with Gasteiger partial charge in [0.2, 0.25) is 0 Å². The molecule has 0 aromatic heterocycles. The highest BCUT2D eigenvalue weighted by Crippen LogP contribution is 2.17. The second-order valence-corrected chi connectivity index (χ2v) is 14.0. The molecule has 3 atom stereocenters. The summed E-state index contributed by atoms with van der Waals surface area (Å²) >= 11 is 0. The van der Waals surface area contributed by atoms with Gasteiger partial charge in [0.25, 0.3) is 0 Å². The van der Waals surface area contributed by atoms with Crippen LogP contribution in [0.3, 0.4) is 0 Å². The minimum absolute atomic E-state index is 0.0271. The number of ether oxygens (including phenoxy) is 4. The van der Waals surface area contributed by atoms with Gasteiger partial charge in [0.1, 0.15) is 12.2 Å². The van der Waals surface area contributed by atoms with Crippen LogP contribution in [0.25, 0.3) is 0 Å². The van der Waals surface area contributed by atoms with Crippen LogP contribution >= 0.6 is 0 Å². The van der Waals surface area contributed by atoms with Crippen LogP contribution in [0.5, 0.6) is 0 Å². The van der Waals surface area contributed by atoms with Crippen molar-refractivity contribution in [2.45, 2.75) is 219 Å². The highest BCUT2D eigenvalue weighted by atomic mass is 16.7. The summed E-state index contributed by atoms with van der Waals surface area (Å²) < 4.78 is 21.0. The lowest BCUT2D eigenvalue weighted by molar-refractivity contribution is -0.177. The van der Waals surface area contributed by atoms with Gasteiger partial charge >= 0.3 is 11.9 Å². The van der Waals surface area contributed by atoms with Gasteiger partial charge in [-0.3, -0.25) is 9.59 Å². The molecule has 7 heteroatoms. The van der Waals surface area contributed by atoms with Crippen LogP contribution in [0.2, 0.25) is 0 Å². The highest BCUT2D eigenvalue weighted by molar-refractivity contribution is 5.69. The maximum atomic E-state index is 11.0. The van der Waals surface area contributed by atoms with Gasteiger partial charge in [-0.1, -0.05) is 89.9 Å². The molecule has 1 rings (SSSR count). The molecule has 1 aliphatic rings. The summed E-state index contributed by atoms with van der Waals surface area (Å²) in [5, 5.41) is 9.59. The summed E-state index contributed by atoms with van der Waals surface area (Å²) in [5.41, 5.74) is 0. The van der Waals surface area contributed by atoms with Gasteiger partial charge < -0.3 is 24.1 Å². The summed E-state index contributed by atoms with van der Waals surface area (Å²) in [6.07, 6.45) is 28.9. The van der Waals surface area contributed by atoms with Crippen molar-refractivity contribution in [2.75, 3.05) is 20.8 Å². The SMILES string of the molecule is CCCC[C@@H](O)C#CCCCCCCCC#CCCCC(=O)OC.CCCC[C@H](C#CCCCCCCCC#CCCCC(=O)OC)OC1CCCCO1. The minimum atomic E-state index is -0.434. The molecule has 0 saturated carbocycles. The molecule has 0 amide bonds. The maximum absolute atomic E-state index is 11.0. The molecule has 1 unspecified atom stereocenters. The van der Waals surface area contributed by atoms with E-state index in [1.165, 1.54) is 65.6 Å². The van der Waals surface area contributed by atoms with Crippen LogP contribution < -0.4 is 0 Å². The molecule has 0 aliphatic carbocycles. The lowest BCUT2D eigenvalue weighted by Gasteiger charge is -2.25. The van der Waals surface area contributed by atoms with Gasteiger partial charge in [-0.05, 0) is 70.6 Å². The third-order valence-electron chi connectivity index (χ3n) is 8.91. The fourth-order valence-electron chi connectivity index (χ4n) is 5.53. The number of carbonyl (C=O) groups excluding carboxylic acids is 2. The van der Waals surface area contributed by atoms with Gasteiger partial charge in [-0.2, -0.15) is 0 Å². The normalized spacial score (nSPS) is 14.1. The van der Waals surface area contributed by atoms with E-state index in [2.05, 4.69) is 70.7 Å². The van der Waals surface area contributed by atoms with Crippen molar-refractivity contribution >= 4 is 11.9 Å². The number of hydrogen-bond acceptors (Lipinski definition) is 7. The Balaban J connectivity index is 0.00000107. The highest BCUT2D eigenvalue weighted by Gasteiger charge is 2.18. The van der Waals surface area contributed by atoms with E-state index in [4.69, 9.17) is 9.47 Å². The summed E-state index contributed by atoms with van der Waals surface area (Å²) in [7, 11) is 2.84. The van der Waals surface area contributed by atoms with Gasteiger partial charge in [0, 0.05) is 58.0 Å². The lowest BCUT2D eigenvalue weighted by Crippen LogP contribution is -2.27. The average Bonchev–Trinajstić information content (AvgIpc) is 3.19. The zero-order valence-corrected chi connectivity index (χ0v) is 34.8. The monoisotopic (exact) mass is 753 g/mol. The van der Waals surface area contributed by atoms with Crippen molar-refractivity contribution in [2.24, 2.45) is 0 Å². The Hall–Kier alpha value is -2.94. The van der Waals surface area contributed by atoms with Crippen LogP contribution in [0, 0.1) is 47.4 Å². The zero-order valence-electron chi connectivity index (χ0n) is 34.8. The smallest absolute Gasteiger partial charge is 0.305 e. The predicted octanol–water partition coefficient (Wildman–Crippen LogP) is 10.8. The van der Waals surface area contributed by atoms with Crippen molar-refractivity contribution in [1.82, 2.24) is 0 Å². The van der Waals surface area contributed by atoms with Crippen molar-refractivity contribution in [3.63, 3.8) is 0 Å².